The average Bonchev–Trinajstić information content (AvgIpc) is 3.08. The summed E-state index contributed by atoms with van der Waals surface area (Å²) in [5.74, 6) is 0.159. The molecule has 2 aromatic rings. The van der Waals surface area contributed by atoms with Gasteiger partial charge in [-0.25, -0.2) is 9.59 Å². The lowest BCUT2D eigenvalue weighted by Crippen LogP contribution is -2.37. The van der Waals surface area contributed by atoms with Gasteiger partial charge in [0, 0.05) is 0 Å². The predicted octanol–water partition coefficient (Wildman–Crippen LogP) is 2.34. The van der Waals surface area contributed by atoms with E-state index in [1.165, 1.54) is 12.3 Å². The van der Waals surface area contributed by atoms with Crippen LogP contribution in [0, 0.1) is 0 Å². The van der Waals surface area contributed by atoms with Gasteiger partial charge in [0.1, 0.15) is 18.8 Å². The summed E-state index contributed by atoms with van der Waals surface area (Å²) in [5.41, 5.74) is 0.232. The first kappa shape index (κ1) is 15.9. The monoisotopic (exact) mass is 332 g/mol. The Labute approximate surface area is 138 Å². The van der Waals surface area contributed by atoms with E-state index in [1.54, 1.807) is 25.1 Å². The fraction of sp³-hybridized carbons (Fsp3) is 0.294. The molecule has 1 atom stereocenters. The number of hydrogen-bond donors (Lipinski definition) is 0. The molecule has 1 aromatic carbocycles. The highest BCUT2D eigenvalue weighted by Crippen LogP contribution is 2.31. The van der Waals surface area contributed by atoms with Crippen LogP contribution in [-0.2, 0) is 20.9 Å². The Kier molecular flexibility index (Phi) is 4.69. The van der Waals surface area contributed by atoms with Crippen molar-refractivity contribution >= 4 is 11.9 Å². The van der Waals surface area contributed by atoms with Gasteiger partial charge in [0.05, 0.1) is 12.9 Å². The van der Waals surface area contributed by atoms with Gasteiger partial charge >= 0.3 is 11.9 Å². The van der Waals surface area contributed by atoms with Crippen molar-refractivity contribution < 1.29 is 33.0 Å². The van der Waals surface area contributed by atoms with Crippen LogP contribution < -0.4 is 9.47 Å². The molecule has 0 saturated heterocycles. The Bertz CT molecular complexity index is 734. The maximum Gasteiger partial charge on any atom is 0.351 e. The molecule has 0 amide bonds. The first-order chi connectivity index (χ1) is 11.7. The number of para-hydroxylation sites is 2. The zero-order valence-corrected chi connectivity index (χ0v) is 13.0. The van der Waals surface area contributed by atoms with Crippen molar-refractivity contribution in [1.82, 2.24) is 0 Å². The SMILES string of the molecule is CCOC(=O)c1ccoc1COC(=O)C1COc2ccccc2O1. The van der Waals surface area contributed by atoms with Crippen molar-refractivity contribution in [3.05, 3.63) is 47.9 Å². The number of ether oxygens (including phenoxy) is 4. The lowest BCUT2D eigenvalue weighted by atomic mass is 10.2. The molecule has 1 aliphatic rings. The Balaban J connectivity index is 1.59. The summed E-state index contributed by atoms with van der Waals surface area (Å²) in [4.78, 5) is 23.9. The maximum atomic E-state index is 12.1. The summed E-state index contributed by atoms with van der Waals surface area (Å²) < 4.78 is 26.3. The summed E-state index contributed by atoms with van der Waals surface area (Å²) in [6.45, 7) is 1.81. The largest absolute Gasteiger partial charge is 0.485 e. The van der Waals surface area contributed by atoms with Crippen LogP contribution in [-0.4, -0.2) is 31.3 Å². The van der Waals surface area contributed by atoms with Crippen LogP contribution in [0.4, 0.5) is 0 Å². The second-order valence-corrected chi connectivity index (χ2v) is 4.95. The molecule has 3 rings (SSSR count). The van der Waals surface area contributed by atoms with Crippen molar-refractivity contribution in [2.75, 3.05) is 13.2 Å². The minimum Gasteiger partial charge on any atom is -0.485 e. The third-order valence-electron chi connectivity index (χ3n) is 3.36. The molecule has 0 spiro atoms. The van der Waals surface area contributed by atoms with Crippen LogP contribution in [0.5, 0.6) is 11.5 Å². The van der Waals surface area contributed by atoms with Crippen LogP contribution >= 0.6 is 0 Å². The van der Waals surface area contributed by atoms with E-state index in [9.17, 15) is 9.59 Å². The van der Waals surface area contributed by atoms with Gasteiger partial charge < -0.3 is 23.4 Å². The molecule has 0 N–H and O–H groups in total. The molecule has 1 unspecified atom stereocenters. The molecule has 1 aliphatic heterocycles. The van der Waals surface area contributed by atoms with Crippen molar-refractivity contribution in [3.63, 3.8) is 0 Å². The number of carbonyl (C=O) groups excluding carboxylic acids is 2. The summed E-state index contributed by atoms with van der Waals surface area (Å²) in [6, 6.07) is 8.53. The molecule has 0 bridgehead atoms. The maximum absolute atomic E-state index is 12.1. The number of carbonyl (C=O) groups is 2. The third-order valence-corrected chi connectivity index (χ3v) is 3.36. The number of benzene rings is 1. The third kappa shape index (κ3) is 3.34. The molecular formula is C17H16O7. The number of hydrogen-bond acceptors (Lipinski definition) is 7. The Hall–Kier alpha value is -2.96. The quantitative estimate of drug-likeness (QED) is 0.777. The number of rotatable bonds is 5. The van der Waals surface area contributed by atoms with Crippen LogP contribution in [0.3, 0.4) is 0 Å². The van der Waals surface area contributed by atoms with Crippen molar-refractivity contribution in [2.24, 2.45) is 0 Å². The van der Waals surface area contributed by atoms with E-state index in [1.807, 2.05) is 6.07 Å². The topological polar surface area (TPSA) is 84.2 Å². The zero-order valence-electron chi connectivity index (χ0n) is 13.0. The van der Waals surface area contributed by atoms with E-state index in [-0.39, 0.29) is 31.1 Å². The molecule has 1 aromatic heterocycles. The fourth-order valence-electron chi connectivity index (χ4n) is 2.21. The molecule has 0 radical (unpaired) electrons. The van der Waals surface area contributed by atoms with Gasteiger partial charge in [-0.05, 0) is 25.1 Å². The van der Waals surface area contributed by atoms with Crippen LogP contribution in [0.2, 0.25) is 0 Å². The minimum absolute atomic E-state index is 0.0543. The van der Waals surface area contributed by atoms with E-state index in [4.69, 9.17) is 23.4 Å². The molecule has 7 nitrogen and oxygen atoms in total. The number of esters is 2. The zero-order chi connectivity index (χ0) is 16.9. The summed E-state index contributed by atoms with van der Waals surface area (Å²) in [6.07, 6.45) is 0.465. The van der Waals surface area contributed by atoms with E-state index in [2.05, 4.69) is 0 Å². The molecule has 0 saturated carbocycles. The molecule has 0 aliphatic carbocycles. The summed E-state index contributed by atoms with van der Waals surface area (Å²) in [5, 5.41) is 0. The standard InChI is InChI=1S/C17H16O7/c1-2-20-16(18)11-7-8-21-14(11)9-23-17(19)15-10-22-12-5-3-4-6-13(12)24-15/h3-8,15H,2,9-10H2,1H3. The Morgan fingerprint density at radius 3 is 2.75 bits per heavy atom. The second-order valence-electron chi connectivity index (χ2n) is 4.95. The van der Waals surface area contributed by atoms with E-state index in [0.29, 0.717) is 11.5 Å². The normalized spacial score (nSPS) is 15.6. The van der Waals surface area contributed by atoms with Crippen molar-refractivity contribution in [1.29, 1.82) is 0 Å². The lowest BCUT2D eigenvalue weighted by molar-refractivity contribution is -0.156. The van der Waals surface area contributed by atoms with Gasteiger partial charge in [0.15, 0.2) is 17.3 Å². The predicted molar refractivity (Wildman–Crippen MR) is 80.8 cm³/mol. The van der Waals surface area contributed by atoms with Crippen LogP contribution in [0.15, 0.2) is 41.0 Å². The second kappa shape index (κ2) is 7.08. The molecule has 24 heavy (non-hydrogen) atoms. The fourth-order valence-corrected chi connectivity index (χ4v) is 2.21. The van der Waals surface area contributed by atoms with Gasteiger partial charge in [-0.15, -0.1) is 0 Å². The summed E-state index contributed by atoms with van der Waals surface area (Å²) in [7, 11) is 0. The van der Waals surface area contributed by atoms with E-state index >= 15 is 0 Å². The van der Waals surface area contributed by atoms with Crippen molar-refractivity contribution in [3.8, 4) is 11.5 Å². The minimum atomic E-state index is -0.874. The van der Waals surface area contributed by atoms with Crippen molar-refractivity contribution in [2.45, 2.75) is 19.6 Å². The Morgan fingerprint density at radius 1 is 1.17 bits per heavy atom. The molecule has 2 heterocycles. The number of fused-ring (bicyclic) bond motifs is 1. The van der Waals surface area contributed by atoms with Gasteiger partial charge in [-0.1, -0.05) is 12.1 Å². The van der Waals surface area contributed by atoms with E-state index in [0.717, 1.165) is 0 Å². The molecular weight excluding hydrogens is 316 g/mol. The van der Waals surface area contributed by atoms with Gasteiger partial charge in [0.2, 0.25) is 6.10 Å². The highest BCUT2D eigenvalue weighted by Gasteiger charge is 2.29. The number of furan rings is 1. The first-order valence-corrected chi connectivity index (χ1v) is 7.47. The highest BCUT2D eigenvalue weighted by atomic mass is 16.6. The smallest absolute Gasteiger partial charge is 0.351 e. The summed E-state index contributed by atoms with van der Waals surface area (Å²) >= 11 is 0. The molecule has 7 heteroatoms. The molecule has 126 valence electrons. The van der Waals surface area contributed by atoms with Gasteiger partial charge in [0.25, 0.3) is 0 Å². The lowest BCUT2D eigenvalue weighted by Gasteiger charge is -2.24. The molecule has 0 fully saturated rings. The van der Waals surface area contributed by atoms with Gasteiger partial charge in [-0.2, -0.15) is 0 Å². The van der Waals surface area contributed by atoms with Crippen LogP contribution in [0.25, 0.3) is 0 Å². The average molecular weight is 332 g/mol. The Morgan fingerprint density at radius 2 is 1.96 bits per heavy atom. The first-order valence-electron chi connectivity index (χ1n) is 7.47. The highest BCUT2D eigenvalue weighted by molar-refractivity contribution is 5.90. The van der Waals surface area contributed by atoms with E-state index < -0.39 is 18.0 Å². The van der Waals surface area contributed by atoms with Crippen LogP contribution in [0.1, 0.15) is 23.0 Å². The van der Waals surface area contributed by atoms with Gasteiger partial charge in [-0.3, -0.25) is 0 Å².